The molecule has 7 heteroatoms. The van der Waals surface area contributed by atoms with Crippen molar-refractivity contribution in [1.29, 1.82) is 0 Å². The van der Waals surface area contributed by atoms with E-state index < -0.39 is 6.10 Å². The average molecular weight is 453 g/mol. The Kier molecular flexibility index (Phi) is 8.47. The molecule has 1 unspecified atom stereocenters. The summed E-state index contributed by atoms with van der Waals surface area (Å²) in [6.45, 7) is 9.69. The number of hydrogen-bond acceptors (Lipinski definition) is 6. The van der Waals surface area contributed by atoms with Gasteiger partial charge in [0.15, 0.2) is 0 Å². The number of aliphatic hydroxyl groups is 1. The van der Waals surface area contributed by atoms with Crippen molar-refractivity contribution in [2.75, 3.05) is 25.0 Å². The number of carbonyl (C=O) groups is 1. The lowest BCUT2D eigenvalue weighted by Gasteiger charge is -2.28. The second-order valence-corrected chi connectivity index (χ2v) is 9.21. The number of benzene rings is 2. The van der Waals surface area contributed by atoms with Crippen molar-refractivity contribution in [2.24, 2.45) is 5.10 Å². The fourth-order valence-electron chi connectivity index (χ4n) is 3.51. The molecule has 0 spiro atoms. The smallest absolute Gasteiger partial charge is 0.240 e. The summed E-state index contributed by atoms with van der Waals surface area (Å²) in [6, 6.07) is 14.3. The molecular formula is C26H36N4O3. The molecule has 2 aromatic carbocycles. The van der Waals surface area contributed by atoms with E-state index >= 15 is 0 Å². The largest absolute Gasteiger partial charge is 0.491 e. The van der Waals surface area contributed by atoms with E-state index in [9.17, 15) is 9.90 Å². The Balaban J connectivity index is 1.43. The van der Waals surface area contributed by atoms with Crippen LogP contribution in [0.4, 0.5) is 5.69 Å². The van der Waals surface area contributed by atoms with Crippen LogP contribution in [-0.4, -0.2) is 48.1 Å². The van der Waals surface area contributed by atoms with Crippen LogP contribution in [0.1, 0.15) is 50.3 Å². The van der Waals surface area contributed by atoms with Crippen LogP contribution in [0.25, 0.3) is 0 Å². The summed E-state index contributed by atoms with van der Waals surface area (Å²) in [4.78, 5) is 11.3. The molecule has 7 nitrogen and oxygen atoms in total. The summed E-state index contributed by atoms with van der Waals surface area (Å²) >= 11 is 0. The molecule has 178 valence electrons. The highest BCUT2D eigenvalue weighted by molar-refractivity contribution is 6.04. The first-order valence-corrected chi connectivity index (χ1v) is 11.6. The van der Waals surface area contributed by atoms with Crippen molar-refractivity contribution in [3.05, 3.63) is 59.2 Å². The Labute approximate surface area is 196 Å². The molecule has 0 bridgehead atoms. The number of ether oxygens (including phenoxy) is 1. The molecule has 1 amide bonds. The van der Waals surface area contributed by atoms with Gasteiger partial charge >= 0.3 is 0 Å². The zero-order valence-electron chi connectivity index (χ0n) is 20.1. The zero-order chi connectivity index (χ0) is 23.8. The predicted molar refractivity (Wildman–Crippen MR) is 133 cm³/mol. The summed E-state index contributed by atoms with van der Waals surface area (Å²) in [5, 5.41) is 21.4. The average Bonchev–Trinajstić information content (AvgIpc) is 2.82. The number of β-amino-alcohol motifs (C(OH)–C–C–N with tert-alkyl or cyclic N) is 1. The highest BCUT2D eigenvalue weighted by Crippen LogP contribution is 2.20. The molecule has 0 fully saturated rings. The predicted octanol–water partition coefficient (Wildman–Crippen LogP) is 3.39. The lowest BCUT2D eigenvalue weighted by molar-refractivity contribution is -0.121. The van der Waals surface area contributed by atoms with E-state index in [0.717, 1.165) is 34.7 Å². The number of nitrogens with one attached hydrogen (secondary N) is 3. The van der Waals surface area contributed by atoms with Gasteiger partial charge in [0.2, 0.25) is 5.91 Å². The Morgan fingerprint density at radius 1 is 1.18 bits per heavy atom. The molecule has 0 aromatic heterocycles. The monoisotopic (exact) mass is 452 g/mol. The van der Waals surface area contributed by atoms with Gasteiger partial charge in [-0.25, -0.2) is 5.43 Å². The molecule has 4 N–H and O–H groups in total. The minimum atomic E-state index is -0.606. The third kappa shape index (κ3) is 7.58. The Hall–Kier alpha value is -2.90. The van der Waals surface area contributed by atoms with Crippen LogP contribution < -0.4 is 20.8 Å². The van der Waals surface area contributed by atoms with Crippen molar-refractivity contribution in [3.8, 4) is 5.75 Å². The number of hydrogen-bond donors (Lipinski definition) is 4. The Bertz CT molecular complexity index is 970. The maximum atomic E-state index is 11.3. The summed E-state index contributed by atoms with van der Waals surface area (Å²) in [5.74, 6) is 0.795. The number of anilines is 1. The van der Waals surface area contributed by atoms with Crippen LogP contribution in [0.5, 0.6) is 5.75 Å². The zero-order valence-corrected chi connectivity index (χ0v) is 20.1. The number of aliphatic hydroxyl groups excluding tert-OH is 1. The second kappa shape index (κ2) is 11.3. The van der Waals surface area contributed by atoms with Crippen molar-refractivity contribution < 1.29 is 14.6 Å². The number of amides is 1. The molecule has 2 aromatic rings. The highest BCUT2D eigenvalue weighted by Gasteiger charge is 2.19. The van der Waals surface area contributed by atoms with E-state index in [0.29, 0.717) is 25.9 Å². The quantitative estimate of drug-likeness (QED) is 0.419. The third-order valence-electron chi connectivity index (χ3n) is 5.77. The van der Waals surface area contributed by atoms with Gasteiger partial charge < -0.3 is 20.5 Å². The van der Waals surface area contributed by atoms with Crippen LogP contribution in [0.2, 0.25) is 0 Å². The summed E-state index contributed by atoms with van der Waals surface area (Å²) in [5.41, 5.74) is 7.52. The van der Waals surface area contributed by atoms with Crippen LogP contribution in [0.3, 0.4) is 0 Å². The molecule has 33 heavy (non-hydrogen) atoms. The molecule has 0 saturated heterocycles. The molecule has 3 rings (SSSR count). The molecule has 1 aliphatic heterocycles. The molecule has 0 radical (unpaired) electrons. The van der Waals surface area contributed by atoms with E-state index in [1.54, 1.807) is 0 Å². The van der Waals surface area contributed by atoms with Crippen molar-refractivity contribution in [3.63, 3.8) is 0 Å². The summed E-state index contributed by atoms with van der Waals surface area (Å²) in [7, 11) is 0. The van der Waals surface area contributed by atoms with E-state index in [4.69, 9.17) is 4.74 Å². The lowest BCUT2D eigenvalue weighted by atomic mass is 10.0. The Morgan fingerprint density at radius 2 is 1.94 bits per heavy atom. The SMILES string of the molecule is CCc1ccc(C)c(OCC(O)CNC(C)(C)CNc2ccc(C3=NNC(=O)CC3)cc2)c1. The number of aryl methyl sites for hydroxylation is 2. The normalized spacial score (nSPS) is 14.9. The van der Waals surface area contributed by atoms with Crippen molar-refractivity contribution in [1.82, 2.24) is 10.7 Å². The van der Waals surface area contributed by atoms with Gasteiger partial charge in [0.25, 0.3) is 0 Å². The molecule has 1 atom stereocenters. The molecular weight excluding hydrogens is 416 g/mol. The summed E-state index contributed by atoms with van der Waals surface area (Å²) < 4.78 is 5.86. The molecule has 1 aliphatic rings. The van der Waals surface area contributed by atoms with E-state index in [2.05, 4.69) is 54.1 Å². The minimum Gasteiger partial charge on any atom is -0.491 e. The highest BCUT2D eigenvalue weighted by atomic mass is 16.5. The maximum absolute atomic E-state index is 11.3. The lowest BCUT2D eigenvalue weighted by Crippen LogP contribution is -2.49. The van der Waals surface area contributed by atoms with Crippen molar-refractivity contribution in [2.45, 2.75) is 58.6 Å². The van der Waals surface area contributed by atoms with Crippen LogP contribution in [-0.2, 0) is 11.2 Å². The second-order valence-electron chi connectivity index (χ2n) is 9.21. The van der Waals surface area contributed by atoms with Gasteiger partial charge in [0, 0.05) is 37.2 Å². The fraction of sp³-hybridized carbons (Fsp3) is 0.462. The van der Waals surface area contributed by atoms with Crippen LogP contribution in [0.15, 0.2) is 47.6 Å². The molecule has 1 heterocycles. The molecule has 0 aliphatic carbocycles. The minimum absolute atomic E-state index is 0.0377. The van der Waals surface area contributed by atoms with Crippen LogP contribution in [0, 0.1) is 6.92 Å². The first-order valence-electron chi connectivity index (χ1n) is 11.6. The van der Waals surface area contributed by atoms with Gasteiger partial charge in [-0.15, -0.1) is 0 Å². The van der Waals surface area contributed by atoms with Crippen LogP contribution >= 0.6 is 0 Å². The van der Waals surface area contributed by atoms with Gasteiger partial charge in [0.05, 0.1) is 5.71 Å². The number of rotatable bonds is 11. The van der Waals surface area contributed by atoms with Gasteiger partial charge in [-0.2, -0.15) is 5.10 Å². The van der Waals surface area contributed by atoms with E-state index in [1.165, 1.54) is 5.56 Å². The number of hydrazone groups is 1. The summed E-state index contributed by atoms with van der Waals surface area (Å²) in [6.07, 6.45) is 1.48. The van der Waals surface area contributed by atoms with Gasteiger partial charge in [0.1, 0.15) is 18.5 Å². The van der Waals surface area contributed by atoms with Crippen molar-refractivity contribution >= 4 is 17.3 Å². The van der Waals surface area contributed by atoms with Gasteiger partial charge in [-0.3, -0.25) is 4.79 Å². The van der Waals surface area contributed by atoms with Gasteiger partial charge in [-0.05, 0) is 62.1 Å². The topological polar surface area (TPSA) is 95.0 Å². The van der Waals surface area contributed by atoms with Gasteiger partial charge in [-0.1, -0.05) is 31.2 Å². The van der Waals surface area contributed by atoms with E-state index in [1.807, 2.05) is 37.3 Å². The molecule has 0 saturated carbocycles. The number of carbonyl (C=O) groups excluding carboxylic acids is 1. The fourth-order valence-corrected chi connectivity index (χ4v) is 3.51. The first kappa shape index (κ1) is 24.7. The number of nitrogens with zero attached hydrogens (tertiary/aromatic N) is 1. The standard InChI is InChI=1S/C26H36N4O3/c1-5-19-7-6-18(2)24(14-19)33-16-22(31)15-28-26(3,4)17-27-21-10-8-20(9-11-21)23-12-13-25(32)30-29-23/h6-11,14,22,27-28,31H,5,12-13,15-17H2,1-4H3,(H,30,32). The maximum Gasteiger partial charge on any atom is 0.240 e. The Morgan fingerprint density at radius 3 is 2.61 bits per heavy atom. The van der Waals surface area contributed by atoms with E-state index in [-0.39, 0.29) is 18.1 Å². The third-order valence-corrected chi connectivity index (χ3v) is 5.77. The first-order chi connectivity index (χ1) is 15.8.